The van der Waals surface area contributed by atoms with Gasteiger partial charge in [-0.15, -0.1) is 11.3 Å². The summed E-state index contributed by atoms with van der Waals surface area (Å²) in [6, 6.07) is 7.29. The monoisotopic (exact) mass is 354 g/mol. The third kappa shape index (κ3) is 4.39. The quantitative estimate of drug-likeness (QED) is 0.706. The van der Waals surface area contributed by atoms with E-state index < -0.39 is 0 Å². The van der Waals surface area contributed by atoms with E-state index in [2.05, 4.69) is 20.3 Å². The van der Waals surface area contributed by atoms with Crippen molar-refractivity contribution in [3.05, 3.63) is 59.5 Å². The highest BCUT2D eigenvalue weighted by atomic mass is 32.1. The minimum absolute atomic E-state index is 0.193. The number of nitrogens with one attached hydrogen (secondary N) is 1. The molecule has 3 rings (SSSR count). The van der Waals surface area contributed by atoms with Crippen molar-refractivity contribution in [1.82, 2.24) is 20.3 Å². The van der Waals surface area contributed by atoms with E-state index >= 15 is 0 Å². The van der Waals surface area contributed by atoms with E-state index in [0.29, 0.717) is 31.0 Å². The molecule has 1 amide bonds. The SMILES string of the molecule is CCOc1ncccc1C(=O)NCCc1csc(-c2ccncc2)n1. The molecule has 0 aliphatic carbocycles. The Bertz CT molecular complexity index is 836. The number of thiazole rings is 1. The molecule has 0 unspecified atom stereocenters. The summed E-state index contributed by atoms with van der Waals surface area (Å²) in [5.41, 5.74) is 2.44. The Kier molecular flexibility index (Phi) is 5.69. The molecule has 0 bridgehead atoms. The van der Waals surface area contributed by atoms with Gasteiger partial charge in [0.2, 0.25) is 5.88 Å². The molecule has 0 atom stereocenters. The van der Waals surface area contributed by atoms with Crippen molar-refractivity contribution < 1.29 is 9.53 Å². The van der Waals surface area contributed by atoms with E-state index in [1.807, 2.05) is 24.4 Å². The summed E-state index contributed by atoms with van der Waals surface area (Å²) >= 11 is 1.59. The fourth-order valence-corrected chi connectivity index (χ4v) is 3.12. The molecule has 3 heterocycles. The second kappa shape index (κ2) is 8.34. The van der Waals surface area contributed by atoms with Gasteiger partial charge in [0.05, 0.1) is 12.3 Å². The number of rotatable bonds is 7. The van der Waals surface area contributed by atoms with E-state index in [4.69, 9.17) is 4.74 Å². The summed E-state index contributed by atoms with van der Waals surface area (Å²) in [5.74, 6) is 0.164. The summed E-state index contributed by atoms with van der Waals surface area (Å²) in [5, 5.41) is 5.86. The van der Waals surface area contributed by atoms with Crippen molar-refractivity contribution in [1.29, 1.82) is 0 Å². The second-order valence-corrected chi connectivity index (χ2v) is 6.03. The van der Waals surface area contributed by atoms with Crippen LogP contribution >= 0.6 is 11.3 Å². The largest absolute Gasteiger partial charge is 0.477 e. The molecule has 6 nitrogen and oxygen atoms in total. The topological polar surface area (TPSA) is 77.0 Å². The molecule has 0 radical (unpaired) electrons. The lowest BCUT2D eigenvalue weighted by Crippen LogP contribution is -2.26. The zero-order chi connectivity index (χ0) is 17.5. The lowest BCUT2D eigenvalue weighted by molar-refractivity contribution is 0.0949. The molecule has 128 valence electrons. The molecule has 1 N–H and O–H groups in total. The maximum absolute atomic E-state index is 12.3. The Morgan fingerprint density at radius 1 is 1.24 bits per heavy atom. The van der Waals surface area contributed by atoms with Gasteiger partial charge in [0, 0.05) is 42.5 Å². The molecule has 3 aromatic rings. The first kappa shape index (κ1) is 17.0. The predicted octanol–water partition coefficient (Wildman–Crippen LogP) is 2.97. The molecule has 0 fully saturated rings. The first-order valence-electron chi connectivity index (χ1n) is 7.98. The van der Waals surface area contributed by atoms with Crippen LogP contribution < -0.4 is 10.1 Å². The highest BCUT2D eigenvalue weighted by molar-refractivity contribution is 7.13. The van der Waals surface area contributed by atoms with Crippen LogP contribution in [0.25, 0.3) is 10.6 Å². The van der Waals surface area contributed by atoms with Crippen LogP contribution in [0, 0.1) is 0 Å². The van der Waals surface area contributed by atoms with Crippen molar-refractivity contribution in [2.45, 2.75) is 13.3 Å². The van der Waals surface area contributed by atoms with Gasteiger partial charge in [0.25, 0.3) is 5.91 Å². The van der Waals surface area contributed by atoms with Gasteiger partial charge in [-0.2, -0.15) is 0 Å². The van der Waals surface area contributed by atoms with Crippen molar-refractivity contribution in [2.24, 2.45) is 0 Å². The highest BCUT2D eigenvalue weighted by Crippen LogP contribution is 2.23. The average molecular weight is 354 g/mol. The number of hydrogen-bond donors (Lipinski definition) is 1. The van der Waals surface area contributed by atoms with Crippen LogP contribution in [0.1, 0.15) is 23.0 Å². The zero-order valence-corrected chi connectivity index (χ0v) is 14.6. The summed E-state index contributed by atoms with van der Waals surface area (Å²) < 4.78 is 5.39. The normalized spacial score (nSPS) is 10.4. The molecule has 25 heavy (non-hydrogen) atoms. The van der Waals surface area contributed by atoms with Crippen LogP contribution in [0.3, 0.4) is 0 Å². The Morgan fingerprint density at radius 2 is 2.08 bits per heavy atom. The van der Waals surface area contributed by atoms with Gasteiger partial charge in [0.15, 0.2) is 0 Å². The standard InChI is InChI=1S/C18H18N4O2S/c1-2-24-17-15(4-3-8-21-17)16(23)20-11-7-14-12-25-18(22-14)13-5-9-19-10-6-13/h3-6,8-10,12H,2,7,11H2,1H3,(H,20,23). The number of aromatic nitrogens is 3. The Balaban J connectivity index is 1.57. The van der Waals surface area contributed by atoms with Crippen LogP contribution in [0.5, 0.6) is 5.88 Å². The number of ether oxygens (including phenoxy) is 1. The van der Waals surface area contributed by atoms with E-state index in [-0.39, 0.29) is 5.91 Å². The van der Waals surface area contributed by atoms with Crippen molar-refractivity contribution >= 4 is 17.2 Å². The number of nitrogens with zero attached hydrogens (tertiary/aromatic N) is 3. The molecule has 7 heteroatoms. The van der Waals surface area contributed by atoms with Gasteiger partial charge in [-0.3, -0.25) is 9.78 Å². The number of pyridine rings is 2. The first-order valence-corrected chi connectivity index (χ1v) is 8.86. The van der Waals surface area contributed by atoms with Gasteiger partial charge < -0.3 is 10.1 Å². The fourth-order valence-electron chi connectivity index (χ4n) is 2.26. The molecule has 3 aromatic heterocycles. The summed E-state index contributed by atoms with van der Waals surface area (Å²) in [4.78, 5) is 25.0. The lowest BCUT2D eigenvalue weighted by atomic mass is 10.2. The molecule has 0 saturated carbocycles. The molecule has 0 aromatic carbocycles. The minimum atomic E-state index is -0.193. The first-order chi connectivity index (χ1) is 12.3. The van der Waals surface area contributed by atoms with E-state index in [0.717, 1.165) is 16.3 Å². The summed E-state index contributed by atoms with van der Waals surface area (Å²) in [6.07, 6.45) is 5.77. The zero-order valence-electron chi connectivity index (χ0n) is 13.8. The molecule has 0 saturated heterocycles. The van der Waals surface area contributed by atoms with Crippen LogP contribution in [-0.4, -0.2) is 34.0 Å². The van der Waals surface area contributed by atoms with Gasteiger partial charge in [0.1, 0.15) is 10.6 Å². The predicted molar refractivity (Wildman–Crippen MR) is 96.8 cm³/mol. The third-order valence-electron chi connectivity index (χ3n) is 3.44. The van der Waals surface area contributed by atoms with Crippen molar-refractivity contribution in [2.75, 3.05) is 13.2 Å². The van der Waals surface area contributed by atoms with Gasteiger partial charge in [-0.25, -0.2) is 9.97 Å². The maximum atomic E-state index is 12.3. The Labute approximate surface area is 149 Å². The maximum Gasteiger partial charge on any atom is 0.256 e. The van der Waals surface area contributed by atoms with Crippen LogP contribution in [-0.2, 0) is 6.42 Å². The van der Waals surface area contributed by atoms with Crippen LogP contribution in [0.15, 0.2) is 48.2 Å². The van der Waals surface area contributed by atoms with E-state index in [1.165, 1.54) is 0 Å². The summed E-state index contributed by atoms with van der Waals surface area (Å²) in [7, 11) is 0. The smallest absolute Gasteiger partial charge is 0.256 e. The van der Waals surface area contributed by atoms with E-state index in [1.54, 1.807) is 42.1 Å². The third-order valence-corrected chi connectivity index (χ3v) is 4.38. The van der Waals surface area contributed by atoms with E-state index in [9.17, 15) is 4.79 Å². The van der Waals surface area contributed by atoms with Crippen molar-refractivity contribution in [3.63, 3.8) is 0 Å². The molecule has 0 aliphatic heterocycles. The van der Waals surface area contributed by atoms with Crippen LogP contribution in [0.2, 0.25) is 0 Å². The fraction of sp³-hybridized carbons (Fsp3) is 0.222. The number of carbonyl (C=O) groups is 1. The summed E-state index contributed by atoms with van der Waals surface area (Å²) in [6.45, 7) is 2.83. The highest BCUT2D eigenvalue weighted by Gasteiger charge is 2.13. The molecule has 0 spiro atoms. The van der Waals surface area contributed by atoms with Crippen LogP contribution in [0.4, 0.5) is 0 Å². The van der Waals surface area contributed by atoms with Gasteiger partial charge >= 0.3 is 0 Å². The Hall–Kier alpha value is -2.80. The molecule has 0 aliphatic rings. The minimum Gasteiger partial charge on any atom is -0.477 e. The second-order valence-electron chi connectivity index (χ2n) is 5.17. The number of hydrogen-bond acceptors (Lipinski definition) is 6. The molecular weight excluding hydrogens is 336 g/mol. The lowest BCUT2D eigenvalue weighted by Gasteiger charge is -2.08. The molecular formula is C18H18N4O2S. The number of amides is 1. The Morgan fingerprint density at radius 3 is 2.88 bits per heavy atom. The van der Waals surface area contributed by atoms with Gasteiger partial charge in [-0.05, 0) is 31.2 Å². The average Bonchev–Trinajstić information content (AvgIpc) is 3.12. The van der Waals surface area contributed by atoms with Crippen molar-refractivity contribution in [3.8, 4) is 16.5 Å². The number of carbonyl (C=O) groups excluding carboxylic acids is 1. The van der Waals surface area contributed by atoms with Gasteiger partial charge in [-0.1, -0.05) is 0 Å².